The molecule has 2 amide bonds. The molecule has 0 saturated carbocycles. The van der Waals surface area contributed by atoms with Crippen LogP contribution in [0.25, 0.3) is 0 Å². The van der Waals surface area contributed by atoms with Gasteiger partial charge in [0.2, 0.25) is 5.91 Å². The summed E-state index contributed by atoms with van der Waals surface area (Å²) in [5.41, 5.74) is 2.48. The lowest BCUT2D eigenvalue weighted by molar-refractivity contribution is -0.118. The topological polar surface area (TPSA) is 67.4 Å². The molecule has 160 valence electrons. The van der Waals surface area contributed by atoms with Crippen LogP contribution in [0.2, 0.25) is 0 Å². The Kier molecular flexibility index (Phi) is 8.34. The number of carbonyl (C=O) groups excluding carboxylic acids is 2. The standard InChI is InChI=1S/C24H30N2O3S/c1-17(2)22(26-23(27)19-8-4-3-5-9-19)24(28)25-20-10-6-7-18(15-20)16-30-21-11-13-29-14-12-21/h3-10,15,17,21-22H,11-14,16H2,1-2H3,(H,25,28)(H,26,27). The molecule has 0 radical (unpaired) electrons. The molecule has 1 fully saturated rings. The van der Waals surface area contributed by atoms with Crippen LogP contribution in [0, 0.1) is 5.92 Å². The molecule has 0 aromatic heterocycles. The van der Waals surface area contributed by atoms with Crippen molar-refractivity contribution in [1.82, 2.24) is 5.32 Å². The smallest absolute Gasteiger partial charge is 0.251 e. The Morgan fingerprint density at radius 3 is 2.50 bits per heavy atom. The molecule has 0 spiro atoms. The molecule has 1 aliphatic rings. The minimum absolute atomic E-state index is 0.0371. The van der Waals surface area contributed by atoms with E-state index in [1.165, 1.54) is 5.56 Å². The molecule has 1 aliphatic heterocycles. The van der Waals surface area contributed by atoms with E-state index in [0.717, 1.165) is 37.5 Å². The van der Waals surface area contributed by atoms with E-state index < -0.39 is 6.04 Å². The van der Waals surface area contributed by atoms with E-state index in [-0.39, 0.29) is 17.7 Å². The summed E-state index contributed by atoms with van der Waals surface area (Å²) in [5.74, 6) is 0.423. The van der Waals surface area contributed by atoms with E-state index in [2.05, 4.69) is 16.7 Å². The first-order valence-electron chi connectivity index (χ1n) is 10.5. The summed E-state index contributed by atoms with van der Waals surface area (Å²) >= 11 is 1.95. The maximum atomic E-state index is 12.9. The fraction of sp³-hybridized carbons (Fsp3) is 0.417. The monoisotopic (exact) mass is 426 g/mol. The third kappa shape index (κ3) is 6.61. The van der Waals surface area contributed by atoms with Crippen LogP contribution in [0.4, 0.5) is 5.69 Å². The van der Waals surface area contributed by atoms with E-state index in [0.29, 0.717) is 10.8 Å². The van der Waals surface area contributed by atoms with E-state index >= 15 is 0 Å². The number of carbonyl (C=O) groups is 2. The van der Waals surface area contributed by atoms with Crippen molar-refractivity contribution in [2.45, 2.75) is 43.7 Å². The summed E-state index contributed by atoms with van der Waals surface area (Å²) in [6, 6.07) is 16.3. The molecule has 2 aromatic carbocycles. The fourth-order valence-electron chi connectivity index (χ4n) is 3.36. The Hall–Kier alpha value is -2.31. The minimum Gasteiger partial charge on any atom is -0.381 e. The average Bonchev–Trinajstić information content (AvgIpc) is 2.77. The van der Waals surface area contributed by atoms with Crippen LogP contribution in [-0.4, -0.2) is 36.3 Å². The maximum absolute atomic E-state index is 12.9. The van der Waals surface area contributed by atoms with Gasteiger partial charge in [-0.05, 0) is 48.6 Å². The molecule has 1 heterocycles. The van der Waals surface area contributed by atoms with Crippen molar-refractivity contribution in [3.05, 3.63) is 65.7 Å². The van der Waals surface area contributed by atoms with Crippen molar-refractivity contribution in [3.8, 4) is 0 Å². The fourth-order valence-corrected chi connectivity index (χ4v) is 4.50. The number of ether oxygens (including phenoxy) is 1. The lowest BCUT2D eigenvalue weighted by Crippen LogP contribution is -2.47. The quantitative estimate of drug-likeness (QED) is 0.653. The summed E-state index contributed by atoms with van der Waals surface area (Å²) in [5, 5.41) is 6.48. The first-order valence-corrected chi connectivity index (χ1v) is 11.5. The number of hydrogen-bond acceptors (Lipinski definition) is 4. The first-order chi connectivity index (χ1) is 14.5. The highest BCUT2D eigenvalue weighted by atomic mass is 32.2. The van der Waals surface area contributed by atoms with Gasteiger partial charge >= 0.3 is 0 Å². The number of hydrogen-bond donors (Lipinski definition) is 2. The molecule has 2 aromatic rings. The van der Waals surface area contributed by atoms with Gasteiger partial charge in [-0.15, -0.1) is 0 Å². The zero-order chi connectivity index (χ0) is 21.3. The summed E-state index contributed by atoms with van der Waals surface area (Å²) < 4.78 is 5.42. The normalized spacial score (nSPS) is 15.6. The summed E-state index contributed by atoms with van der Waals surface area (Å²) in [6.45, 7) is 5.55. The number of amides is 2. The zero-order valence-corrected chi connectivity index (χ0v) is 18.4. The van der Waals surface area contributed by atoms with Crippen molar-refractivity contribution in [1.29, 1.82) is 0 Å². The van der Waals surface area contributed by atoms with Crippen LogP contribution in [0.3, 0.4) is 0 Å². The van der Waals surface area contributed by atoms with E-state index in [1.807, 2.05) is 62.0 Å². The van der Waals surface area contributed by atoms with E-state index in [4.69, 9.17) is 4.74 Å². The molecular weight excluding hydrogens is 396 g/mol. The Labute approximate surface area is 183 Å². The molecule has 2 N–H and O–H groups in total. The highest BCUT2D eigenvalue weighted by molar-refractivity contribution is 7.99. The summed E-state index contributed by atoms with van der Waals surface area (Å²) in [4.78, 5) is 25.4. The third-order valence-electron chi connectivity index (χ3n) is 5.12. The van der Waals surface area contributed by atoms with Crippen LogP contribution in [-0.2, 0) is 15.3 Å². The van der Waals surface area contributed by atoms with Crippen molar-refractivity contribution < 1.29 is 14.3 Å². The van der Waals surface area contributed by atoms with Gasteiger partial charge in [-0.3, -0.25) is 9.59 Å². The van der Waals surface area contributed by atoms with Crippen molar-refractivity contribution >= 4 is 29.3 Å². The minimum atomic E-state index is -0.613. The molecule has 0 bridgehead atoms. The highest BCUT2D eigenvalue weighted by Crippen LogP contribution is 2.26. The lowest BCUT2D eigenvalue weighted by atomic mass is 10.0. The van der Waals surface area contributed by atoms with Gasteiger partial charge in [0.25, 0.3) is 5.91 Å². The van der Waals surface area contributed by atoms with Gasteiger partial charge in [0.05, 0.1) is 0 Å². The van der Waals surface area contributed by atoms with Gasteiger partial charge < -0.3 is 15.4 Å². The SMILES string of the molecule is CC(C)C(NC(=O)c1ccccc1)C(=O)Nc1cccc(CSC2CCOCC2)c1. The molecule has 1 atom stereocenters. The van der Waals surface area contributed by atoms with Crippen LogP contribution < -0.4 is 10.6 Å². The Balaban J connectivity index is 1.59. The Morgan fingerprint density at radius 1 is 1.07 bits per heavy atom. The number of thioether (sulfide) groups is 1. The van der Waals surface area contributed by atoms with E-state index in [1.54, 1.807) is 12.1 Å². The second kappa shape index (κ2) is 11.2. The molecule has 30 heavy (non-hydrogen) atoms. The molecule has 3 rings (SSSR count). The van der Waals surface area contributed by atoms with Gasteiger partial charge in [0.1, 0.15) is 6.04 Å². The number of nitrogens with one attached hydrogen (secondary N) is 2. The summed E-state index contributed by atoms with van der Waals surface area (Å²) in [6.07, 6.45) is 2.19. The average molecular weight is 427 g/mol. The van der Waals surface area contributed by atoms with Gasteiger partial charge in [-0.1, -0.05) is 44.2 Å². The van der Waals surface area contributed by atoms with Crippen molar-refractivity contribution in [2.24, 2.45) is 5.92 Å². The molecule has 1 unspecified atom stereocenters. The third-order valence-corrected chi connectivity index (χ3v) is 6.56. The van der Waals surface area contributed by atoms with Crippen LogP contribution in [0.15, 0.2) is 54.6 Å². The zero-order valence-electron chi connectivity index (χ0n) is 17.6. The number of benzene rings is 2. The van der Waals surface area contributed by atoms with Gasteiger partial charge in [0.15, 0.2) is 0 Å². The summed E-state index contributed by atoms with van der Waals surface area (Å²) in [7, 11) is 0. The first kappa shape index (κ1) is 22.4. The molecule has 5 nitrogen and oxygen atoms in total. The molecular formula is C24H30N2O3S. The van der Waals surface area contributed by atoms with Crippen molar-refractivity contribution in [3.63, 3.8) is 0 Å². The molecule has 1 saturated heterocycles. The van der Waals surface area contributed by atoms with Crippen LogP contribution in [0.5, 0.6) is 0 Å². The molecule has 0 aliphatic carbocycles. The second-order valence-electron chi connectivity index (χ2n) is 7.87. The Morgan fingerprint density at radius 2 is 1.80 bits per heavy atom. The van der Waals surface area contributed by atoms with Gasteiger partial charge in [-0.2, -0.15) is 11.8 Å². The predicted molar refractivity (Wildman–Crippen MR) is 123 cm³/mol. The highest BCUT2D eigenvalue weighted by Gasteiger charge is 2.25. The number of anilines is 1. The Bertz CT molecular complexity index is 835. The lowest BCUT2D eigenvalue weighted by Gasteiger charge is -2.22. The van der Waals surface area contributed by atoms with Gasteiger partial charge in [-0.25, -0.2) is 0 Å². The largest absolute Gasteiger partial charge is 0.381 e. The van der Waals surface area contributed by atoms with Gasteiger partial charge in [0, 0.05) is 35.5 Å². The molecule has 6 heteroatoms. The van der Waals surface area contributed by atoms with Crippen molar-refractivity contribution in [2.75, 3.05) is 18.5 Å². The maximum Gasteiger partial charge on any atom is 0.251 e. The van der Waals surface area contributed by atoms with Crippen LogP contribution >= 0.6 is 11.8 Å². The van der Waals surface area contributed by atoms with E-state index in [9.17, 15) is 9.59 Å². The number of rotatable bonds is 8. The van der Waals surface area contributed by atoms with Crippen LogP contribution in [0.1, 0.15) is 42.6 Å². The predicted octanol–water partition coefficient (Wildman–Crippen LogP) is 4.49. The second-order valence-corrected chi connectivity index (χ2v) is 9.16.